The standard InChI is InChI=1S/C13H18N2O3/c1-10(2)18-15(13(17)14(3)4)12(16)11-8-6-5-7-9-11/h5-10H,1-4H3. The molecular formula is C13H18N2O3. The predicted octanol–water partition coefficient (Wildman–Crippen LogP) is 2.15. The Morgan fingerprint density at radius 3 is 2.11 bits per heavy atom. The van der Waals surface area contributed by atoms with Crippen molar-refractivity contribution in [1.82, 2.24) is 9.96 Å². The molecule has 0 unspecified atom stereocenters. The fourth-order valence-corrected chi connectivity index (χ4v) is 1.27. The van der Waals surface area contributed by atoms with E-state index in [0.29, 0.717) is 5.56 Å². The lowest BCUT2D eigenvalue weighted by atomic mass is 10.2. The molecule has 0 aliphatic rings. The van der Waals surface area contributed by atoms with Crippen molar-refractivity contribution >= 4 is 11.9 Å². The monoisotopic (exact) mass is 250 g/mol. The summed E-state index contributed by atoms with van der Waals surface area (Å²) in [4.78, 5) is 30.7. The van der Waals surface area contributed by atoms with Gasteiger partial charge >= 0.3 is 6.03 Å². The van der Waals surface area contributed by atoms with Crippen LogP contribution < -0.4 is 0 Å². The summed E-state index contributed by atoms with van der Waals surface area (Å²) in [5, 5.41) is 0.792. The maximum atomic E-state index is 12.2. The molecule has 18 heavy (non-hydrogen) atoms. The number of carbonyl (C=O) groups excluding carboxylic acids is 2. The highest BCUT2D eigenvalue weighted by atomic mass is 16.7. The third-order valence-electron chi connectivity index (χ3n) is 2.08. The van der Waals surface area contributed by atoms with Gasteiger partial charge in [-0.25, -0.2) is 4.79 Å². The van der Waals surface area contributed by atoms with Gasteiger partial charge in [-0.2, -0.15) is 0 Å². The van der Waals surface area contributed by atoms with E-state index in [0.717, 1.165) is 5.06 Å². The Hall–Kier alpha value is -1.88. The molecule has 1 rings (SSSR count). The summed E-state index contributed by atoms with van der Waals surface area (Å²) in [6.45, 7) is 3.52. The van der Waals surface area contributed by atoms with Gasteiger partial charge in [-0.05, 0) is 26.0 Å². The average molecular weight is 250 g/mol. The molecule has 98 valence electrons. The number of carbonyl (C=O) groups is 2. The summed E-state index contributed by atoms with van der Waals surface area (Å²) in [5.74, 6) is -0.469. The number of hydroxylamine groups is 2. The predicted molar refractivity (Wildman–Crippen MR) is 67.9 cm³/mol. The first-order valence-corrected chi connectivity index (χ1v) is 5.71. The lowest BCUT2D eigenvalue weighted by molar-refractivity contribution is -0.123. The highest BCUT2D eigenvalue weighted by molar-refractivity contribution is 6.03. The molecule has 0 atom stereocenters. The van der Waals surface area contributed by atoms with Crippen LogP contribution in [0.15, 0.2) is 30.3 Å². The summed E-state index contributed by atoms with van der Waals surface area (Å²) < 4.78 is 0. The zero-order valence-corrected chi connectivity index (χ0v) is 11.1. The average Bonchev–Trinajstić information content (AvgIpc) is 2.35. The Balaban J connectivity index is 2.96. The second kappa shape index (κ2) is 6.16. The second-order valence-electron chi connectivity index (χ2n) is 4.30. The summed E-state index contributed by atoms with van der Waals surface area (Å²) >= 11 is 0. The van der Waals surface area contributed by atoms with Crippen molar-refractivity contribution in [3.63, 3.8) is 0 Å². The van der Waals surface area contributed by atoms with E-state index in [9.17, 15) is 9.59 Å². The lowest BCUT2D eigenvalue weighted by Gasteiger charge is -2.25. The van der Waals surface area contributed by atoms with E-state index in [1.807, 2.05) is 0 Å². The Labute approximate surface area is 107 Å². The van der Waals surface area contributed by atoms with Gasteiger partial charge in [-0.1, -0.05) is 18.2 Å². The Morgan fingerprint density at radius 1 is 1.11 bits per heavy atom. The van der Waals surface area contributed by atoms with Crippen LogP contribution in [0.1, 0.15) is 24.2 Å². The molecule has 0 radical (unpaired) electrons. The molecule has 0 aromatic heterocycles. The lowest BCUT2D eigenvalue weighted by Crippen LogP contribution is -2.44. The van der Waals surface area contributed by atoms with Gasteiger partial charge in [0.05, 0.1) is 6.10 Å². The quantitative estimate of drug-likeness (QED) is 0.772. The molecule has 3 amide bonds. The van der Waals surface area contributed by atoms with E-state index in [1.54, 1.807) is 58.3 Å². The number of rotatable bonds is 3. The molecule has 0 aliphatic carbocycles. The fourth-order valence-electron chi connectivity index (χ4n) is 1.27. The van der Waals surface area contributed by atoms with Gasteiger partial charge in [0.1, 0.15) is 0 Å². The summed E-state index contributed by atoms with van der Waals surface area (Å²) in [5.41, 5.74) is 0.411. The Kier molecular flexibility index (Phi) is 4.85. The van der Waals surface area contributed by atoms with Crippen molar-refractivity contribution < 1.29 is 14.4 Å². The first-order valence-electron chi connectivity index (χ1n) is 5.71. The second-order valence-corrected chi connectivity index (χ2v) is 4.30. The number of hydrogen-bond donors (Lipinski definition) is 0. The minimum Gasteiger partial charge on any atom is -0.329 e. The van der Waals surface area contributed by atoms with Crippen LogP contribution in [0.4, 0.5) is 4.79 Å². The molecule has 0 spiro atoms. The molecular weight excluding hydrogens is 232 g/mol. The van der Waals surface area contributed by atoms with Crippen LogP contribution >= 0.6 is 0 Å². The minimum atomic E-state index is -0.502. The number of benzene rings is 1. The molecule has 0 saturated heterocycles. The summed E-state index contributed by atoms with van der Waals surface area (Å²) in [6.07, 6.45) is -0.262. The SMILES string of the molecule is CC(C)ON(C(=O)c1ccccc1)C(=O)N(C)C. The van der Waals surface area contributed by atoms with E-state index in [-0.39, 0.29) is 6.10 Å². The van der Waals surface area contributed by atoms with Crippen LogP contribution in [0, 0.1) is 0 Å². The van der Waals surface area contributed by atoms with Gasteiger partial charge < -0.3 is 4.90 Å². The van der Waals surface area contributed by atoms with Crippen molar-refractivity contribution in [3.8, 4) is 0 Å². The third-order valence-corrected chi connectivity index (χ3v) is 2.08. The smallest absolute Gasteiger partial charge is 0.329 e. The van der Waals surface area contributed by atoms with Crippen molar-refractivity contribution in [3.05, 3.63) is 35.9 Å². The van der Waals surface area contributed by atoms with Crippen LogP contribution in [0.2, 0.25) is 0 Å². The zero-order chi connectivity index (χ0) is 13.7. The van der Waals surface area contributed by atoms with Crippen LogP contribution in [0.25, 0.3) is 0 Å². The summed E-state index contributed by atoms with van der Waals surface area (Å²) in [6, 6.07) is 8.06. The first kappa shape index (κ1) is 14.2. The Morgan fingerprint density at radius 2 is 1.67 bits per heavy atom. The van der Waals surface area contributed by atoms with E-state index in [4.69, 9.17) is 4.84 Å². The van der Waals surface area contributed by atoms with Crippen LogP contribution in [0.5, 0.6) is 0 Å². The minimum absolute atomic E-state index is 0.262. The number of imide groups is 1. The molecule has 5 nitrogen and oxygen atoms in total. The highest BCUT2D eigenvalue weighted by Gasteiger charge is 2.26. The van der Waals surface area contributed by atoms with Crippen LogP contribution in [0.3, 0.4) is 0 Å². The molecule has 0 heterocycles. The largest absolute Gasteiger partial charge is 0.351 e. The fraction of sp³-hybridized carbons (Fsp3) is 0.385. The Bertz CT molecular complexity index is 416. The van der Waals surface area contributed by atoms with E-state index < -0.39 is 11.9 Å². The highest BCUT2D eigenvalue weighted by Crippen LogP contribution is 2.09. The zero-order valence-electron chi connectivity index (χ0n) is 11.1. The number of amides is 3. The molecule has 0 fully saturated rings. The van der Waals surface area contributed by atoms with Gasteiger partial charge in [0.15, 0.2) is 0 Å². The normalized spacial score (nSPS) is 10.3. The molecule has 5 heteroatoms. The van der Waals surface area contributed by atoms with Gasteiger partial charge in [0, 0.05) is 19.7 Å². The van der Waals surface area contributed by atoms with E-state index in [2.05, 4.69) is 0 Å². The van der Waals surface area contributed by atoms with Crippen molar-refractivity contribution in [2.45, 2.75) is 20.0 Å². The number of nitrogens with zero attached hydrogens (tertiary/aromatic N) is 2. The number of urea groups is 1. The van der Waals surface area contributed by atoms with Crippen molar-refractivity contribution in [2.24, 2.45) is 0 Å². The molecule has 0 saturated carbocycles. The maximum absolute atomic E-state index is 12.2. The van der Waals surface area contributed by atoms with Gasteiger partial charge in [-0.3, -0.25) is 9.63 Å². The third kappa shape index (κ3) is 3.56. The van der Waals surface area contributed by atoms with Crippen LogP contribution in [-0.4, -0.2) is 42.1 Å². The van der Waals surface area contributed by atoms with Gasteiger partial charge in [-0.15, -0.1) is 5.06 Å². The van der Waals surface area contributed by atoms with Crippen LogP contribution in [-0.2, 0) is 4.84 Å². The van der Waals surface area contributed by atoms with Gasteiger partial charge in [0.25, 0.3) is 5.91 Å². The topological polar surface area (TPSA) is 49.9 Å². The van der Waals surface area contributed by atoms with E-state index in [1.165, 1.54) is 4.90 Å². The maximum Gasteiger partial charge on any atom is 0.351 e. The molecule has 0 N–H and O–H groups in total. The van der Waals surface area contributed by atoms with Crippen molar-refractivity contribution in [2.75, 3.05) is 14.1 Å². The molecule has 1 aromatic rings. The number of hydrogen-bond acceptors (Lipinski definition) is 3. The molecule has 1 aromatic carbocycles. The molecule has 0 bridgehead atoms. The van der Waals surface area contributed by atoms with Gasteiger partial charge in [0.2, 0.25) is 0 Å². The summed E-state index contributed by atoms with van der Waals surface area (Å²) in [7, 11) is 3.13. The molecule has 0 aliphatic heterocycles. The first-order chi connectivity index (χ1) is 8.43. The van der Waals surface area contributed by atoms with Crippen molar-refractivity contribution in [1.29, 1.82) is 0 Å². The van der Waals surface area contributed by atoms with E-state index >= 15 is 0 Å².